The molecule has 1 heterocycles. The Morgan fingerprint density at radius 1 is 1.47 bits per heavy atom. The summed E-state index contributed by atoms with van der Waals surface area (Å²) in [6.07, 6.45) is 0.633. The number of carbonyl (C=O) groups is 1. The Morgan fingerprint density at radius 3 is 2.59 bits per heavy atom. The van der Waals surface area contributed by atoms with Crippen LogP contribution in [0.1, 0.15) is 27.2 Å². The van der Waals surface area contributed by atoms with E-state index in [1.54, 1.807) is 0 Å². The standard InChI is InChI=1S/C12H24N2O3/c1-10(13-12(2,3)4-7-15)11(16)14-5-8-17-9-6-14/h10,13,15H,4-9H2,1-3H3. The molecule has 0 bridgehead atoms. The van der Waals surface area contributed by atoms with Gasteiger partial charge in [-0.2, -0.15) is 0 Å². The maximum atomic E-state index is 12.1. The third-order valence-electron chi connectivity index (χ3n) is 3.04. The van der Waals surface area contributed by atoms with Gasteiger partial charge in [0.15, 0.2) is 0 Å². The molecule has 1 aliphatic rings. The van der Waals surface area contributed by atoms with Crippen LogP contribution in [-0.2, 0) is 9.53 Å². The zero-order chi connectivity index (χ0) is 12.9. The summed E-state index contributed by atoms with van der Waals surface area (Å²) >= 11 is 0. The van der Waals surface area contributed by atoms with Crippen LogP contribution < -0.4 is 5.32 Å². The number of carbonyl (C=O) groups excluding carboxylic acids is 1. The predicted octanol–water partition coefficient (Wildman–Crippen LogP) is -0.0157. The summed E-state index contributed by atoms with van der Waals surface area (Å²) < 4.78 is 5.22. The molecule has 5 nitrogen and oxygen atoms in total. The number of rotatable bonds is 5. The van der Waals surface area contributed by atoms with Crippen LogP contribution >= 0.6 is 0 Å². The van der Waals surface area contributed by atoms with Crippen LogP contribution in [-0.4, -0.2) is 60.4 Å². The molecule has 0 radical (unpaired) electrons. The molecule has 1 unspecified atom stereocenters. The Kier molecular flexibility index (Phi) is 5.36. The van der Waals surface area contributed by atoms with E-state index in [0.717, 1.165) is 0 Å². The van der Waals surface area contributed by atoms with Crippen LogP contribution in [0.3, 0.4) is 0 Å². The van der Waals surface area contributed by atoms with Crippen LogP contribution in [0.5, 0.6) is 0 Å². The zero-order valence-corrected chi connectivity index (χ0v) is 11.0. The van der Waals surface area contributed by atoms with Crippen LogP contribution in [0.2, 0.25) is 0 Å². The Morgan fingerprint density at radius 2 is 2.06 bits per heavy atom. The van der Waals surface area contributed by atoms with E-state index in [-0.39, 0.29) is 24.1 Å². The van der Waals surface area contributed by atoms with Gasteiger partial charge in [0.05, 0.1) is 19.3 Å². The number of hydrogen-bond donors (Lipinski definition) is 2. The number of nitrogens with one attached hydrogen (secondary N) is 1. The molecule has 1 saturated heterocycles. The lowest BCUT2D eigenvalue weighted by Crippen LogP contribution is -2.54. The second-order valence-electron chi connectivity index (χ2n) is 5.16. The van der Waals surface area contributed by atoms with Crippen molar-refractivity contribution in [3.05, 3.63) is 0 Å². The van der Waals surface area contributed by atoms with Crippen molar-refractivity contribution in [1.29, 1.82) is 0 Å². The van der Waals surface area contributed by atoms with Gasteiger partial charge in [0.25, 0.3) is 0 Å². The van der Waals surface area contributed by atoms with Gasteiger partial charge in [-0.1, -0.05) is 0 Å². The smallest absolute Gasteiger partial charge is 0.239 e. The van der Waals surface area contributed by atoms with Gasteiger partial charge in [-0.3, -0.25) is 4.79 Å². The number of nitrogens with zero attached hydrogens (tertiary/aromatic N) is 1. The highest BCUT2D eigenvalue weighted by Gasteiger charge is 2.27. The van der Waals surface area contributed by atoms with E-state index in [1.165, 1.54) is 0 Å². The molecule has 0 saturated carbocycles. The Balaban J connectivity index is 2.45. The van der Waals surface area contributed by atoms with Crippen molar-refractivity contribution in [1.82, 2.24) is 10.2 Å². The average molecular weight is 244 g/mol. The molecule has 2 N–H and O–H groups in total. The number of hydrogen-bond acceptors (Lipinski definition) is 4. The molecular formula is C12H24N2O3. The normalized spacial score (nSPS) is 19.2. The summed E-state index contributed by atoms with van der Waals surface area (Å²) in [6.45, 7) is 8.57. The molecule has 1 fully saturated rings. The van der Waals surface area contributed by atoms with Gasteiger partial charge in [0.2, 0.25) is 5.91 Å². The van der Waals surface area contributed by atoms with Crippen molar-refractivity contribution in [2.24, 2.45) is 0 Å². The van der Waals surface area contributed by atoms with E-state index in [4.69, 9.17) is 9.84 Å². The number of morpholine rings is 1. The second-order valence-corrected chi connectivity index (χ2v) is 5.16. The first-order valence-corrected chi connectivity index (χ1v) is 6.21. The number of amides is 1. The fourth-order valence-corrected chi connectivity index (χ4v) is 2.06. The molecule has 17 heavy (non-hydrogen) atoms. The lowest BCUT2D eigenvalue weighted by atomic mass is 10.00. The highest BCUT2D eigenvalue weighted by molar-refractivity contribution is 5.81. The largest absolute Gasteiger partial charge is 0.396 e. The number of aliphatic hydroxyl groups is 1. The highest BCUT2D eigenvalue weighted by Crippen LogP contribution is 2.10. The molecule has 100 valence electrons. The molecule has 1 aliphatic heterocycles. The maximum absolute atomic E-state index is 12.1. The van der Waals surface area contributed by atoms with Crippen LogP contribution in [0, 0.1) is 0 Å². The van der Waals surface area contributed by atoms with Gasteiger partial charge in [0, 0.05) is 25.2 Å². The Bertz CT molecular complexity index is 250. The minimum Gasteiger partial charge on any atom is -0.396 e. The predicted molar refractivity (Wildman–Crippen MR) is 65.8 cm³/mol. The monoisotopic (exact) mass is 244 g/mol. The third kappa shape index (κ3) is 4.61. The lowest BCUT2D eigenvalue weighted by Gasteiger charge is -2.34. The fraction of sp³-hybridized carbons (Fsp3) is 0.917. The van der Waals surface area contributed by atoms with Crippen LogP contribution in [0.15, 0.2) is 0 Å². The molecule has 0 aromatic rings. The summed E-state index contributed by atoms with van der Waals surface area (Å²) in [7, 11) is 0. The van der Waals surface area contributed by atoms with Gasteiger partial charge < -0.3 is 20.1 Å². The quantitative estimate of drug-likeness (QED) is 0.714. The van der Waals surface area contributed by atoms with Gasteiger partial charge in [-0.25, -0.2) is 0 Å². The van der Waals surface area contributed by atoms with Crippen molar-refractivity contribution in [2.75, 3.05) is 32.9 Å². The second kappa shape index (κ2) is 6.33. The molecule has 0 spiro atoms. The van der Waals surface area contributed by atoms with Gasteiger partial charge >= 0.3 is 0 Å². The maximum Gasteiger partial charge on any atom is 0.239 e. The fourth-order valence-electron chi connectivity index (χ4n) is 2.06. The minimum atomic E-state index is -0.227. The molecule has 0 aromatic heterocycles. The average Bonchev–Trinajstić information content (AvgIpc) is 2.28. The highest BCUT2D eigenvalue weighted by atomic mass is 16.5. The van der Waals surface area contributed by atoms with Crippen LogP contribution in [0.4, 0.5) is 0 Å². The summed E-state index contributed by atoms with van der Waals surface area (Å²) in [5.41, 5.74) is -0.226. The molecular weight excluding hydrogens is 220 g/mol. The molecule has 1 rings (SSSR count). The van der Waals surface area contributed by atoms with Crippen molar-refractivity contribution < 1.29 is 14.6 Å². The molecule has 1 atom stereocenters. The first-order chi connectivity index (χ1) is 7.96. The Labute approximate surface area is 103 Å². The summed E-state index contributed by atoms with van der Waals surface area (Å²) in [5.74, 6) is 0.110. The lowest BCUT2D eigenvalue weighted by molar-refractivity contribution is -0.137. The van der Waals surface area contributed by atoms with Gasteiger partial charge in [0.1, 0.15) is 0 Å². The third-order valence-corrected chi connectivity index (χ3v) is 3.04. The van der Waals surface area contributed by atoms with E-state index in [9.17, 15) is 4.79 Å². The zero-order valence-electron chi connectivity index (χ0n) is 11.0. The first-order valence-electron chi connectivity index (χ1n) is 6.21. The van der Waals surface area contributed by atoms with E-state index in [1.807, 2.05) is 25.7 Å². The Hall–Kier alpha value is -0.650. The van der Waals surface area contributed by atoms with Gasteiger partial charge in [-0.05, 0) is 27.2 Å². The summed E-state index contributed by atoms with van der Waals surface area (Å²) in [6, 6.07) is -0.227. The SMILES string of the molecule is CC(NC(C)(C)CCO)C(=O)N1CCOCC1. The van der Waals surface area contributed by atoms with E-state index in [0.29, 0.717) is 32.7 Å². The summed E-state index contributed by atoms with van der Waals surface area (Å²) in [5, 5.41) is 12.2. The molecule has 0 aromatic carbocycles. The summed E-state index contributed by atoms with van der Waals surface area (Å²) in [4.78, 5) is 14.0. The van der Waals surface area contributed by atoms with Crippen molar-refractivity contribution in [2.45, 2.75) is 38.8 Å². The minimum absolute atomic E-state index is 0.110. The van der Waals surface area contributed by atoms with Crippen LogP contribution in [0.25, 0.3) is 0 Å². The van der Waals surface area contributed by atoms with Gasteiger partial charge in [-0.15, -0.1) is 0 Å². The number of aliphatic hydroxyl groups excluding tert-OH is 1. The van der Waals surface area contributed by atoms with E-state index >= 15 is 0 Å². The number of ether oxygens (including phenoxy) is 1. The molecule has 5 heteroatoms. The van der Waals surface area contributed by atoms with Crippen molar-refractivity contribution in [3.63, 3.8) is 0 Å². The first kappa shape index (κ1) is 14.4. The molecule has 0 aliphatic carbocycles. The van der Waals surface area contributed by atoms with E-state index < -0.39 is 0 Å². The topological polar surface area (TPSA) is 61.8 Å². The van der Waals surface area contributed by atoms with Crippen molar-refractivity contribution in [3.8, 4) is 0 Å². The molecule has 1 amide bonds. The van der Waals surface area contributed by atoms with E-state index in [2.05, 4.69) is 5.32 Å². The van der Waals surface area contributed by atoms with Crippen molar-refractivity contribution >= 4 is 5.91 Å².